The Morgan fingerprint density at radius 3 is 2.69 bits per heavy atom. The molecule has 29 heavy (non-hydrogen) atoms. The van der Waals surface area contributed by atoms with Crippen LogP contribution < -0.4 is 4.90 Å². The first-order valence-corrected chi connectivity index (χ1v) is 11.3. The zero-order valence-corrected chi connectivity index (χ0v) is 18.0. The van der Waals surface area contributed by atoms with Gasteiger partial charge in [0.2, 0.25) is 5.91 Å². The lowest BCUT2D eigenvalue weighted by Gasteiger charge is -2.24. The van der Waals surface area contributed by atoms with Crippen molar-refractivity contribution >= 4 is 21.7 Å². The molecule has 0 bridgehead atoms. The van der Waals surface area contributed by atoms with Gasteiger partial charge in [0.25, 0.3) is 10.0 Å². The van der Waals surface area contributed by atoms with Crippen LogP contribution in [0.15, 0.2) is 17.6 Å². The second kappa shape index (κ2) is 7.17. The average molecular weight is 419 g/mol. The third kappa shape index (κ3) is 3.44. The Labute approximate surface area is 170 Å². The first kappa shape index (κ1) is 20.0. The Morgan fingerprint density at radius 1 is 1.28 bits per heavy atom. The zero-order chi connectivity index (χ0) is 20.9. The number of sulfonamides is 1. The Bertz CT molecular complexity index is 1060. The molecule has 1 saturated heterocycles. The molecule has 9 nitrogen and oxygen atoms in total. The van der Waals surface area contributed by atoms with Crippen molar-refractivity contribution in [2.24, 2.45) is 13.0 Å². The van der Waals surface area contributed by atoms with Crippen molar-refractivity contribution in [3.05, 3.63) is 29.6 Å². The third-order valence-corrected chi connectivity index (χ3v) is 7.19. The number of hydrogen-bond donors (Lipinski definition) is 0. The van der Waals surface area contributed by atoms with Crippen molar-refractivity contribution in [3.63, 3.8) is 0 Å². The summed E-state index contributed by atoms with van der Waals surface area (Å²) in [5, 5.41) is 0.0291. The van der Waals surface area contributed by atoms with Crippen molar-refractivity contribution in [1.82, 2.24) is 23.8 Å². The number of imidazole rings is 1. The highest BCUT2D eigenvalue weighted by atomic mass is 32.2. The molecule has 0 radical (unpaired) electrons. The van der Waals surface area contributed by atoms with E-state index in [9.17, 15) is 13.2 Å². The van der Waals surface area contributed by atoms with Crippen molar-refractivity contribution in [2.45, 2.75) is 51.1 Å². The molecule has 0 unspecified atom stereocenters. The molecule has 1 atom stereocenters. The van der Waals surface area contributed by atoms with E-state index in [0.717, 1.165) is 17.7 Å². The SMILES string of the molecule is Cc1nc([C@@H]2CCCN2S(=O)(=O)c2cn(C)cn2)nc2c1CC(=O)N2CC(C)C. The first-order chi connectivity index (χ1) is 13.7. The second-order valence-electron chi connectivity index (χ2n) is 8.20. The molecule has 0 spiro atoms. The van der Waals surface area contributed by atoms with Crippen molar-refractivity contribution in [2.75, 3.05) is 18.0 Å². The van der Waals surface area contributed by atoms with E-state index in [-0.39, 0.29) is 10.9 Å². The number of hydrogen-bond acceptors (Lipinski definition) is 6. The van der Waals surface area contributed by atoms with E-state index in [1.807, 2.05) is 6.92 Å². The maximum absolute atomic E-state index is 13.1. The van der Waals surface area contributed by atoms with E-state index in [1.165, 1.54) is 16.8 Å². The summed E-state index contributed by atoms with van der Waals surface area (Å²) in [5.74, 6) is 1.42. The van der Waals surface area contributed by atoms with Crippen molar-refractivity contribution in [1.29, 1.82) is 0 Å². The molecule has 0 N–H and O–H groups in total. The maximum Gasteiger partial charge on any atom is 0.262 e. The number of carbonyl (C=O) groups excluding carboxylic acids is 1. The van der Waals surface area contributed by atoms with Crippen LogP contribution in [0.25, 0.3) is 0 Å². The normalized spacial score (nSPS) is 20.1. The number of carbonyl (C=O) groups is 1. The van der Waals surface area contributed by atoms with Gasteiger partial charge in [0.1, 0.15) is 11.6 Å². The van der Waals surface area contributed by atoms with Gasteiger partial charge in [0.15, 0.2) is 5.03 Å². The number of anilines is 1. The van der Waals surface area contributed by atoms with Gasteiger partial charge in [-0.2, -0.15) is 4.31 Å². The van der Waals surface area contributed by atoms with Crippen LogP contribution in [0.4, 0.5) is 5.82 Å². The molecule has 156 valence electrons. The van der Waals surface area contributed by atoms with Crippen LogP contribution in [0.2, 0.25) is 0 Å². The van der Waals surface area contributed by atoms with E-state index in [2.05, 4.69) is 23.8 Å². The van der Waals surface area contributed by atoms with E-state index in [1.54, 1.807) is 16.5 Å². The molecule has 1 amide bonds. The molecule has 0 aromatic carbocycles. The highest BCUT2D eigenvalue weighted by Gasteiger charge is 2.40. The highest BCUT2D eigenvalue weighted by Crippen LogP contribution is 2.37. The van der Waals surface area contributed by atoms with Gasteiger partial charge in [0.05, 0.1) is 18.8 Å². The number of nitrogens with zero attached hydrogens (tertiary/aromatic N) is 6. The Kier molecular flexibility index (Phi) is 4.94. The molecule has 2 aromatic heterocycles. The molecule has 2 aromatic rings. The molecular formula is C19H26N6O3S. The van der Waals surface area contributed by atoms with Crippen LogP contribution in [-0.4, -0.2) is 51.2 Å². The van der Waals surface area contributed by atoms with Crippen LogP contribution in [0, 0.1) is 12.8 Å². The van der Waals surface area contributed by atoms with Crippen LogP contribution in [0.1, 0.15) is 49.8 Å². The lowest BCUT2D eigenvalue weighted by Crippen LogP contribution is -2.33. The minimum absolute atomic E-state index is 0.0210. The molecule has 1 fully saturated rings. The lowest BCUT2D eigenvalue weighted by atomic mass is 10.1. The standard InChI is InChI=1S/C19H26N6O3S/c1-12(2)9-24-17(26)8-14-13(3)21-18(22-19(14)24)15-6-5-7-25(15)29(27,28)16-10-23(4)11-20-16/h10-12,15H,5-9H2,1-4H3/t15-/m0/s1. The smallest absolute Gasteiger partial charge is 0.262 e. The number of fused-ring (bicyclic) bond motifs is 1. The Morgan fingerprint density at radius 2 is 2.03 bits per heavy atom. The molecule has 4 rings (SSSR count). The summed E-state index contributed by atoms with van der Waals surface area (Å²) >= 11 is 0. The first-order valence-electron chi connectivity index (χ1n) is 9.86. The van der Waals surface area contributed by atoms with E-state index in [4.69, 9.17) is 4.98 Å². The lowest BCUT2D eigenvalue weighted by molar-refractivity contribution is -0.117. The van der Waals surface area contributed by atoms with E-state index < -0.39 is 16.1 Å². The molecular weight excluding hydrogens is 392 g/mol. The summed E-state index contributed by atoms with van der Waals surface area (Å²) in [4.78, 5) is 27.6. The zero-order valence-electron chi connectivity index (χ0n) is 17.2. The molecule has 2 aliphatic rings. The monoisotopic (exact) mass is 418 g/mol. The number of aryl methyl sites for hydroxylation is 2. The van der Waals surface area contributed by atoms with Gasteiger partial charge in [-0.3, -0.25) is 9.69 Å². The topological polar surface area (TPSA) is 101 Å². The molecule has 10 heteroatoms. The van der Waals surface area contributed by atoms with Crippen LogP contribution >= 0.6 is 0 Å². The summed E-state index contributed by atoms with van der Waals surface area (Å²) in [7, 11) is -2.01. The molecule has 4 heterocycles. The molecule has 0 saturated carbocycles. The van der Waals surface area contributed by atoms with Crippen LogP contribution in [0.3, 0.4) is 0 Å². The number of rotatable bonds is 5. The fraction of sp³-hybridized carbons (Fsp3) is 0.579. The largest absolute Gasteiger partial charge is 0.339 e. The van der Waals surface area contributed by atoms with Gasteiger partial charge in [-0.1, -0.05) is 13.8 Å². The van der Waals surface area contributed by atoms with Crippen molar-refractivity contribution in [3.8, 4) is 0 Å². The van der Waals surface area contributed by atoms with Gasteiger partial charge in [-0.15, -0.1) is 0 Å². The summed E-state index contributed by atoms with van der Waals surface area (Å²) in [6.45, 7) is 6.96. The fourth-order valence-electron chi connectivity index (χ4n) is 4.03. The maximum atomic E-state index is 13.1. The predicted octanol–water partition coefficient (Wildman–Crippen LogP) is 1.59. The van der Waals surface area contributed by atoms with Crippen molar-refractivity contribution < 1.29 is 13.2 Å². The molecule has 2 aliphatic heterocycles. The van der Waals surface area contributed by atoms with E-state index in [0.29, 0.717) is 43.5 Å². The summed E-state index contributed by atoms with van der Waals surface area (Å²) in [5.41, 5.74) is 1.59. The highest BCUT2D eigenvalue weighted by molar-refractivity contribution is 7.89. The van der Waals surface area contributed by atoms with Gasteiger partial charge in [-0.25, -0.2) is 23.4 Å². The Balaban J connectivity index is 1.72. The van der Waals surface area contributed by atoms with Gasteiger partial charge >= 0.3 is 0 Å². The third-order valence-electron chi connectivity index (χ3n) is 5.40. The van der Waals surface area contributed by atoms with Crippen LogP contribution in [-0.2, 0) is 28.3 Å². The van der Waals surface area contributed by atoms with Gasteiger partial charge < -0.3 is 4.57 Å². The quantitative estimate of drug-likeness (QED) is 0.731. The Hall–Kier alpha value is -2.33. The fourth-order valence-corrected chi connectivity index (χ4v) is 5.65. The number of aromatic nitrogens is 4. The second-order valence-corrected chi connectivity index (χ2v) is 10.0. The minimum Gasteiger partial charge on any atom is -0.339 e. The van der Waals surface area contributed by atoms with Gasteiger partial charge in [0, 0.05) is 37.6 Å². The van der Waals surface area contributed by atoms with Crippen LogP contribution in [0.5, 0.6) is 0 Å². The minimum atomic E-state index is -3.74. The summed E-state index contributed by atoms with van der Waals surface area (Å²) < 4.78 is 29.3. The molecule has 0 aliphatic carbocycles. The average Bonchev–Trinajstić information content (AvgIpc) is 3.35. The van der Waals surface area contributed by atoms with Gasteiger partial charge in [-0.05, 0) is 25.7 Å². The summed E-state index contributed by atoms with van der Waals surface area (Å²) in [6.07, 6.45) is 4.65. The van der Waals surface area contributed by atoms with E-state index >= 15 is 0 Å². The summed E-state index contributed by atoms with van der Waals surface area (Å²) in [6, 6.07) is -0.456. The number of amides is 1. The predicted molar refractivity (Wildman–Crippen MR) is 107 cm³/mol.